The van der Waals surface area contributed by atoms with Gasteiger partial charge in [-0.15, -0.1) is 0 Å². The highest BCUT2D eigenvalue weighted by atomic mass is 17.2. The maximum atomic E-state index is 8.33. The van der Waals surface area contributed by atoms with Gasteiger partial charge < -0.3 is 4.84 Å². The van der Waals surface area contributed by atoms with Crippen LogP contribution in [-0.2, 0) is 31.2 Å². The Kier molecular flexibility index (Phi) is 3.06. The van der Waals surface area contributed by atoms with Gasteiger partial charge in [-0.1, -0.05) is 78.0 Å². The van der Waals surface area contributed by atoms with Gasteiger partial charge in [-0.2, -0.15) is 0 Å². The van der Waals surface area contributed by atoms with Gasteiger partial charge in [0.2, 0.25) is 5.60 Å². The van der Waals surface area contributed by atoms with Crippen LogP contribution in [0.4, 0.5) is 0 Å². The first-order valence-corrected chi connectivity index (χ1v) is 31.0. The number of rotatable bonds is 2. The van der Waals surface area contributed by atoms with E-state index < -0.39 is 16.6 Å². The fourth-order valence-corrected chi connectivity index (χ4v) is 28.1. The minimum absolute atomic E-state index is 0.266. The Bertz CT molecular complexity index is 8330. The molecule has 85 heavy (non-hydrogen) atoms. The Hall–Kier alpha value is -10.5. The molecule has 39 rings (SSSR count). The Labute approximate surface area is 464 Å². The standard InChI is InChI=1S/C81H13NO3/c1-3-7-17-15(5-1)77-16-6-2-4-8-18(16)80(17,85-83-77)14-11-9-13(10-12-14)78-79-73-65-57-47-37-29-21-19-20-23-27-25(21)33-41-35(27)45-39-31(23)32-24(20)28-26-22(19)30(29)38-44-34(26)42-36(28)46-40(32)50-49(39)61-55(45)63-53(41)59(51(57)43(33)37)67(73)69(63)75-71(61)72-62(50)56(46)64-54(42)60-52(44)58(48(38)47)66(65)74(79)68(60)70(64)76(72)81(75,79)84-82-78/h1-12,77H. The van der Waals surface area contributed by atoms with Crippen molar-refractivity contribution in [1.29, 1.82) is 0 Å². The molecule has 2 bridgehead atoms. The number of hydrogen-bond acceptors (Lipinski definition) is 4. The second-order valence-electron chi connectivity index (χ2n) is 29.7. The molecule has 31 aromatic carbocycles. The smallest absolute Gasteiger partial charge is 0.209 e. The van der Waals surface area contributed by atoms with Crippen LogP contribution in [0.3, 0.4) is 0 Å². The molecule has 31 aromatic rings. The van der Waals surface area contributed by atoms with Crippen LogP contribution >= 0.6 is 0 Å². The van der Waals surface area contributed by atoms with Gasteiger partial charge in [0.05, 0.1) is 0 Å². The normalized spacial score (nSPS) is 24.1. The van der Waals surface area contributed by atoms with Gasteiger partial charge in [0, 0.05) is 27.8 Å². The number of hydrogen-bond donors (Lipinski definition) is 0. The molecule has 0 saturated heterocycles. The third kappa shape index (κ3) is 1.92. The van der Waals surface area contributed by atoms with Crippen LogP contribution in [0.25, 0.3) is 291 Å². The average molecular weight is 1050 g/mol. The summed E-state index contributed by atoms with van der Waals surface area (Å²) in [6.45, 7) is 0. The maximum absolute atomic E-state index is 8.33. The van der Waals surface area contributed by atoms with Crippen LogP contribution in [0.15, 0.2) is 78.0 Å². The van der Waals surface area contributed by atoms with Gasteiger partial charge >= 0.3 is 0 Å². The van der Waals surface area contributed by atoms with E-state index in [-0.39, 0.29) is 6.10 Å². The van der Waals surface area contributed by atoms with Crippen LogP contribution in [-0.4, -0.2) is 5.71 Å². The predicted octanol–water partition coefficient (Wildman–Crippen LogP) is 20.3. The van der Waals surface area contributed by atoms with Crippen LogP contribution in [0.2, 0.25) is 0 Å². The molecule has 0 unspecified atom stereocenters. The molecule has 3 aliphatic heterocycles. The minimum Gasteiger partial charge on any atom is -0.377 e. The zero-order chi connectivity index (χ0) is 50.9. The highest BCUT2D eigenvalue weighted by Crippen LogP contribution is 2.86. The predicted molar refractivity (Wildman–Crippen MR) is 345 cm³/mol. The van der Waals surface area contributed by atoms with Crippen LogP contribution in [0.5, 0.6) is 0 Å². The van der Waals surface area contributed by atoms with E-state index >= 15 is 0 Å². The molecule has 0 atom stereocenters. The molecule has 0 saturated carbocycles. The first kappa shape index (κ1) is 33.0. The summed E-state index contributed by atoms with van der Waals surface area (Å²) in [7, 11) is 0. The topological polar surface area (TPSA) is 40.0 Å². The summed E-state index contributed by atoms with van der Waals surface area (Å²) in [5, 5.41) is 91.3. The van der Waals surface area contributed by atoms with E-state index in [9.17, 15) is 0 Å². The first-order valence-electron chi connectivity index (χ1n) is 31.0. The lowest BCUT2D eigenvalue weighted by molar-refractivity contribution is -0.386. The monoisotopic (exact) mass is 1050 g/mol. The van der Waals surface area contributed by atoms with E-state index in [0.717, 1.165) is 28.0 Å². The zero-order valence-corrected chi connectivity index (χ0v) is 43.2. The SMILES string of the molecule is c1ccc2c(c1)C1OOC2(c2ccc(C3=NOC45c6c7c8c9c%10c%11c(c%12c%13c4c4c6c6c%14c7c7c8c8c%10c%10c%15c%11c%11c%12c%12c%13c%13c4c4c6c6c%14c%14c7c7c8c%10c8c%10c%15c%11c%11c%12c%12c%13c4c4c6c6c%14c7c8c7c%10c%11c%12c4c67)C395)cc2)c2ccccc21. The second-order valence-corrected chi connectivity index (χ2v) is 29.7. The Balaban J connectivity index is 0.884. The summed E-state index contributed by atoms with van der Waals surface area (Å²) in [6.07, 6.45) is -0.266. The van der Waals surface area contributed by atoms with Crippen molar-refractivity contribution < 1.29 is 14.6 Å². The quantitative estimate of drug-likeness (QED) is 0.128. The number of nitrogens with zero attached hydrogens (tertiary/aromatic N) is 1. The van der Waals surface area contributed by atoms with Gasteiger partial charge in [-0.3, -0.25) is 0 Å². The van der Waals surface area contributed by atoms with Crippen molar-refractivity contribution in [3.63, 3.8) is 0 Å². The summed E-state index contributed by atoms with van der Waals surface area (Å²) < 4.78 is 0. The van der Waals surface area contributed by atoms with Crippen molar-refractivity contribution in [1.82, 2.24) is 0 Å². The molecule has 4 nitrogen and oxygen atoms in total. The molecule has 0 aromatic heterocycles. The fourth-order valence-electron chi connectivity index (χ4n) is 28.1. The van der Waals surface area contributed by atoms with Gasteiger partial charge in [0.25, 0.3) is 0 Å². The molecule has 0 N–H and O–H groups in total. The fraction of sp³-hybridized carbons (Fsp3) is 0.0494. The molecule has 0 fully saturated rings. The molecule has 0 amide bonds. The summed E-state index contributed by atoms with van der Waals surface area (Å²) in [5.41, 5.74) is 11.2. The van der Waals surface area contributed by atoms with Crippen molar-refractivity contribution in [3.05, 3.63) is 128 Å². The second kappa shape index (κ2) is 7.88. The molecule has 3 heterocycles. The average Bonchev–Trinajstić information content (AvgIpc) is 1.38. The number of oxime groups is 1. The van der Waals surface area contributed by atoms with E-state index in [1.807, 2.05) is 0 Å². The van der Waals surface area contributed by atoms with E-state index in [4.69, 9.17) is 19.8 Å². The summed E-state index contributed by atoms with van der Waals surface area (Å²) in [4.78, 5) is 21.6. The molecule has 8 aliphatic rings. The number of fused-ring (bicyclic) bond motifs is 1. The zero-order valence-electron chi connectivity index (χ0n) is 43.2. The largest absolute Gasteiger partial charge is 0.377 e. The van der Waals surface area contributed by atoms with Gasteiger partial charge in [-0.05, 0) is 319 Å². The molecule has 360 valence electrons. The van der Waals surface area contributed by atoms with E-state index in [1.54, 1.807) is 248 Å². The van der Waals surface area contributed by atoms with E-state index in [0.29, 0.717) is 0 Å². The Morgan fingerprint density at radius 2 is 0.529 bits per heavy atom. The molecule has 4 heteroatoms. The van der Waals surface area contributed by atoms with Gasteiger partial charge in [0.15, 0.2) is 5.60 Å². The Morgan fingerprint density at radius 3 is 0.824 bits per heavy atom. The summed E-state index contributed by atoms with van der Waals surface area (Å²) in [6, 6.07) is 27.1. The van der Waals surface area contributed by atoms with E-state index in [2.05, 4.69) is 72.8 Å². The van der Waals surface area contributed by atoms with Gasteiger partial charge in [-0.25, -0.2) is 9.78 Å². The summed E-state index contributed by atoms with van der Waals surface area (Å²) in [5.74, 6) is 0. The van der Waals surface area contributed by atoms with Crippen LogP contribution < -0.4 is 0 Å². The lowest BCUT2D eigenvalue weighted by atomic mass is 9.52. The van der Waals surface area contributed by atoms with Crippen molar-refractivity contribution in [2.24, 2.45) is 5.16 Å². The lowest BCUT2D eigenvalue weighted by Gasteiger charge is -2.48. The van der Waals surface area contributed by atoms with Crippen LogP contribution in [0, 0.1) is 0 Å². The van der Waals surface area contributed by atoms with E-state index in [1.165, 1.54) is 76.5 Å². The van der Waals surface area contributed by atoms with Crippen molar-refractivity contribution >= 4 is 297 Å². The van der Waals surface area contributed by atoms with Crippen LogP contribution in [0.1, 0.15) is 61.7 Å². The van der Waals surface area contributed by atoms with Gasteiger partial charge in [0.1, 0.15) is 17.2 Å². The molecular formula is C81H13NO3. The maximum Gasteiger partial charge on any atom is 0.209 e. The third-order valence-electron chi connectivity index (χ3n) is 28.9. The van der Waals surface area contributed by atoms with Crippen molar-refractivity contribution in [3.8, 4) is 0 Å². The number of benzene rings is 21. The Morgan fingerprint density at radius 1 is 0.271 bits per heavy atom. The highest BCUT2D eigenvalue weighted by Gasteiger charge is 2.76. The van der Waals surface area contributed by atoms with Crippen molar-refractivity contribution in [2.75, 3.05) is 0 Å². The minimum atomic E-state index is -0.943. The lowest BCUT2D eigenvalue weighted by Crippen LogP contribution is -2.54. The van der Waals surface area contributed by atoms with Crippen molar-refractivity contribution in [2.45, 2.75) is 22.7 Å². The highest BCUT2D eigenvalue weighted by molar-refractivity contribution is 6.82. The molecule has 2 spiro atoms. The molecule has 5 aliphatic carbocycles. The third-order valence-corrected chi connectivity index (χ3v) is 28.9. The summed E-state index contributed by atoms with van der Waals surface area (Å²) >= 11 is 0. The molecule has 0 radical (unpaired) electrons. The first-order chi connectivity index (χ1) is 42.3. The molecular weight excluding hydrogens is 1030 g/mol.